The fourth-order valence-corrected chi connectivity index (χ4v) is 4.94. The zero-order valence-corrected chi connectivity index (χ0v) is 20.5. The average molecular weight is 465 g/mol. The van der Waals surface area contributed by atoms with E-state index >= 15 is 0 Å². The second kappa shape index (κ2) is 10.4. The number of carbonyl (C=O) groups is 1. The summed E-state index contributed by atoms with van der Waals surface area (Å²) in [5.41, 5.74) is 6.73. The molecule has 5 heteroatoms. The summed E-state index contributed by atoms with van der Waals surface area (Å²) in [6, 6.07) is 24.6. The lowest BCUT2D eigenvalue weighted by atomic mass is 9.95. The predicted octanol–water partition coefficient (Wildman–Crippen LogP) is 5.56. The van der Waals surface area contributed by atoms with Crippen molar-refractivity contribution in [1.29, 1.82) is 0 Å². The van der Waals surface area contributed by atoms with E-state index in [1.807, 2.05) is 48.5 Å². The maximum Gasteiger partial charge on any atom is 0.254 e. The summed E-state index contributed by atoms with van der Waals surface area (Å²) >= 11 is 0. The molecule has 1 N–H and O–H groups in total. The fraction of sp³-hybridized carbons (Fsp3) is 0.300. The van der Waals surface area contributed by atoms with Crippen LogP contribution in [0, 0.1) is 19.8 Å². The van der Waals surface area contributed by atoms with Crippen LogP contribution in [0.4, 0.5) is 0 Å². The van der Waals surface area contributed by atoms with Gasteiger partial charge in [0.25, 0.3) is 5.91 Å². The Bertz CT molecular complexity index is 1320. The van der Waals surface area contributed by atoms with E-state index in [1.54, 1.807) is 0 Å². The molecule has 1 aromatic heterocycles. The molecule has 178 valence electrons. The molecule has 0 aliphatic carbocycles. The van der Waals surface area contributed by atoms with Crippen molar-refractivity contribution in [2.45, 2.75) is 33.2 Å². The van der Waals surface area contributed by atoms with Crippen molar-refractivity contribution < 1.29 is 4.79 Å². The molecule has 5 rings (SSSR count). The van der Waals surface area contributed by atoms with Crippen molar-refractivity contribution in [3.8, 4) is 11.3 Å². The first-order valence-electron chi connectivity index (χ1n) is 12.5. The van der Waals surface area contributed by atoms with Crippen molar-refractivity contribution in [2.24, 2.45) is 5.92 Å². The lowest BCUT2D eigenvalue weighted by Gasteiger charge is -2.32. The third-order valence-corrected chi connectivity index (χ3v) is 6.97. The average Bonchev–Trinajstić information content (AvgIpc) is 2.88. The van der Waals surface area contributed by atoms with Gasteiger partial charge in [0.1, 0.15) is 5.69 Å². The van der Waals surface area contributed by atoms with Crippen molar-refractivity contribution in [3.05, 3.63) is 95.1 Å². The smallest absolute Gasteiger partial charge is 0.254 e. The minimum absolute atomic E-state index is 0.0751. The van der Waals surface area contributed by atoms with Crippen LogP contribution in [0.15, 0.2) is 72.8 Å². The molecule has 0 radical (unpaired) electrons. The van der Waals surface area contributed by atoms with Gasteiger partial charge < -0.3 is 5.32 Å². The minimum Gasteiger partial charge on any atom is -0.352 e. The van der Waals surface area contributed by atoms with E-state index in [9.17, 15) is 4.79 Å². The summed E-state index contributed by atoms with van der Waals surface area (Å²) < 4.78 is 0. The van der Waals surface area contributed by atoms with Gasteiger partial charge in [0.2, 0.25) is 0 Å². The van der Waals surface area contributed by atoms with Crippen LogP contribution in [0.5, 0.6) is 0 Å². The van der Waals surface area contributed by atoms with Crippen LogP contribution in [0.25, 0.3) is 22.2 Å². The molecule has 4 aromatic rings. The number of likely N-dealkylation sites (tertiary alicyclic amines) is 1. The molecule has 1 aliphatic rings. The topological polar surface area (TPSA) is 58.1 Å². The lowest BCUT2D eigenvalue weighted by molar-refractivity contribution is 0.0937. The quantitative estimate of drug-likeness (QED) is 0.406. The summed E-state index contributed by atoms with van der Waals surface area (Å²) in [6.45, 7) is 7.99. The Morgan fingerprint density at radius 1 is 0.914 bits per heavy atom. The highest BCUT2D eigenvalue weighted by Crippen LogP contribution is 2.27. The summed E-state index contributed by atoms with van der Waals surface area (Å²) in [5.74, 6) is 0.408. The number of rotatable bonds is 6. The Kier molecular flexibility index (Phi) is 6.87. The first kappa shape index (κ1) is 23.2. The number of aryl methyl sites for hydroxylation is 2. The van der Waals surface area contributed by atoms with Crippen LogP contribution in [-0.4, -0.2) is 40.6 Å². The van der Waals surface area contributed by atoms with Crippen LogP contribution in [0.3, 0.4) is 0 Å². The molecule has 1 fully saturated rings. The van der Waals surface area contributed by atoms with Crippen LogP contribution < -0.4 is 5.32 Å². The normalized spacial score (nSPS) is 14.8. The fourth-order valence-electron chi connectivity index (χ4n) is 4.94. The van der Waals surface area contributed by atoms with Gasteiger partial charge in [0.05, 0.1) is 11.1 Å². The van der Waals surface area contributed by atoms with Gasteiger partial charge in [0, 0.05) is 24.0 Å². The van der Waals surface area contributed by atoms with Gasteiger partial charge in [-0.3, -0.25) is 9.69 Å². The van der Waals surface area contributed by atoms with E-state index in [1.165, 1.54) is 16.7 Å². The van der Waals surface area contributed by atoms with E-state index in [2.05, 4.69) is 58.5 Å². The van der Waals surface area contributed by atoms with Crippen LogP contribution in [0.1, 0.15) is 39.9 Å². The number of nitrogens with one attached hydrogen (secondary N) is 1. The van der Waals surface area contributed by atoms with E-state index in [0.717, 1.165) is 48.9 Å². The highest BCUT2D eigenvalue weighted by atomic mass is 16.1. The number of amides is 1. The predicted molar refractivity (Wildman–Crippen MR) is 141 cm³/mol. The standard InChI is InChI=1S/C30H32N4O/c1-21-10-12-25(13-11-21)29-28(26-8-3-4-9-27(26)32-33-29)30(35)31-19-23-14-16-34(17-15-23)20-24-7-5-6-22(2)18-24/h3-13,18,23H,14-17,19-20H2,1-2H3,(H,31,35). The zero-order valence-electron chi connectivity index (χ0n) is 20.5. The monoisotopic (exact) mass is 464 g/mol. The molecule has 35 heavy (non-hydrogen) atoms. The first-order valence-corrected chi connectivity index (χ1v) is 12.5. The van der Waals surface area contributed by atoms with Crippen molar-refractivity contribution >= 4 is 16.8 Å². The number of hydrogen-bond acceptors (Lipinski definition) is 4. The molecular formula is C30H32N4O. The number of piperidine rings is 1. The Hall–Kier alpha value is -3.57. The third-order valence-electron chi connectivity index (χ3n) is 6.97. The summed E-state index contributed by atoms with van der Waals surface area (Å²) in [4.78, 5) is 16.0. The number of fused-ring (bicyclic) bond motifs is 1. The van der Waals surface area contributed by atoms with Crippen LogP contribution in [-0.2, 0) is 6.54 Å². The van der Waals surface area contributed by atoms with Gasteiger partial charge in [0.15, 0.2) is 0 Å². The number of aromatic nitrogens is 2. The van der Waals surface area contributed by atoms with Gasteiger partial charge in [-0.05, 0) is 57.3 Å². The van der Waals surface area contributed by atoms with Crippen LogP contribution >= 0.6 is 0 Å². The van der Waals surface area contributed by atoms with Gasteiger partial charge >= 0.3 is 0 Å². The Morgan fingerprint density at radius 2 is 1.69 bits per heavy atom. The molecule has 1 saturated heterocycles. The largest absolute Gasteiger partial charge is 0.352 e. The number of carbonyl (C=O) groups excluding carboxylic acids is 1. The maximum atomic E-state index is 13.5. The van der Waals surface area contributed by atoms with Crippen LogP contribution in [0.2, 0.25) is 0 Å². The maximum absolute atomic E-state index is 13.5. The molecule has 0 bridgehead atoms. The third kappa shape index (κ3) is 5.41. The highest BCUT2D eigenvalue weighted by molar-refractivity contribution is 6.10. The van der Waals surface area contributed by atoms with E-state index in [0.29, 0.717) is 23.7 Å². The summed E-state index contributed by atoms with van der Waals surface area (Å²) in [5, 5.41) is 12.9. The molecule has 1 aliphatic heterocycles. The molecule has 5 nitrogen and oxygen atoms in total. The zero-order chi connectivity index (χ0) is 24.2. The second-order valence-electron chi connectivity index (χ2n) is 9.73. The molecular weight excluding hydrogens is 432 g/mol. The van der Waals surface area contributed by atoms with E-state index < -0.39 is 0 Å². The van der Waals surface area contributed by atoms with Gasteiger partial charge in [-0.15, -0.1) is 10.2 Å². The van der Waals surface area contributed by atoms with Gasteiger partial charge in [-0.2, -0.15) is 0 Å². The Balaban J connectivity index is 1.27. The Labute approximate surface area is 207 Å². The second-order valence-corrected chi connectivity index (χ2v) is 9.73. The van der Waals surface area contributed by atoms with Crippen molar-refractivity contribution in [1.82, 2.24) is 20.4 Å². The van der Waals surface area contributed by atoms with Gasteiger partial charge in [-0.1, -0.05) is 77.9 Å². The number of nitrogens with zero attached hydrogens (tertiary/aromatic N) is 3. The van der Waals surface area contributed by atoms with Crippen molar-refractivity contribution in [3.63, 3.8) is 0 Å². The SMILES string of the molecule is Cc1ccc(-c2nnc3ccccc3c2C(=O)NCC2CCN(Cc3cccc(C)c3)CC2)cc1. The summed E-state index contributed by atoms with van der Waals surface area (Å²) in [7, 11) is 0. The molecule has 0 atom stereocenters. The van der Waals surface area contributed by atoms with Gasteiger partial charge in [-0.25, -0.2) is 0 Å². The first-order chi connectivity index (χ1) is 17.1. The lowest BCUT2D eigenvalue weighted by Crippen LogP contribution is -2.38. The molecule has 0 unspecified atom stereocenters. The molecule has 0 spiro atoms. The molecule has 3 aromatic carbocycles. The van der Waals surface area contributed by atoms with Crippen molar-refractivity contribution in [2.75, 3.05) is 19.6 Å². The molecule has 2 heterocycles. The van der Waals surface area contributed by atoms with E-state index in [4.69, 9.17) is 0 Å². The highest BCUT2D eigenvalue weighted by Gasteiger charge is 2.23. The number of benzene rings is 3. The Morgan fingerprint density at radius 3 is 2.46 bits per heavy atom. The minimum atomic E-state index is -0.0751. The summed E-state index contributed by atoms with van der Waals surface area (Å²) in [6.07, 6.45) is 2.18. The van der Waals surface area contributed by atoms with E-state index in [-0.39, 0.29) is 5.91 Å². The molecule has 1 amide bonds. The number of hydrogen-bond donors (Lipinski definition) is 1. The molecule has 0 saturated carbocycles.